The number of hydrogen-bond acceptors (Lipinski definition) is 23. The molecule has 13 amide bonds. The van der Waals surface area contributed by atoms with Gasteiger partial charge < -0.3 is 113 Å². The third kappa shape index (κ3) is 28.2. The molecule has 26 N–H and O–H groups in total. The highest BCUT2D eigenvalue weighted by Gasteiger charge is 2.46. The molecule has 1 fully saturated rings. The third-order valence-corrected chi connectivity index (χ3v) is 20.3. The zero-order valence-electron chi connectivity index (χ0n) is 63.9. The number of H-pyrrole nitrogens is 1. The van der Waals surface area contributed by atoms with Crippen molar-refractivity contribution >= 4 is 135 Å². The van der Waals surface area contributed by atoms with Gasteiger partial charge in [0.2, 0.25) is 76.8 Å². The van der Waals surface area contributed by atoms with Crippen LogP contribution in [-0.2, 0) is 78.3 Å². The van der Waals surface area contributed by atoms with Crippen LogP contribution in [0.4, 0.5) is 5.69 Å². The van der Waals surface area contributed by atoms with E-state index in [1.807, 2.05) is 0 Å². The number of nitrogens with two attached hydrogens (primary N) is 6. The van der Waals surface area contributed by atoms with Gasteiger partial charge in [-0.2, -0.15) is 23.5 Å². The molecular weight excluding hydrogens is 1510 g/mol. The number of benzene rings is 2. The number of carbonyl (C=O) groups is 15. The summed E-state index contributed by atoms with van der Waals surface area (Å²) in [5.74, 6) is -17.1. The van der Waals surface area contributed by atoms with Gasteiger partial charge in [0.05, 0.1) is 37.7 Å². The second kappa shape index (κ2) is 45.4. The van der Waals surface area contributed by atoms with Crippen molar-refractivity contribution in [3.05, 3.63) is 66.5 Å². The molecule has 15 atom stereocenters. The molecule has 0 bridgehead atoms. The summed E-state index contributed by atoms with van der Waals surface area (Å²) < 4.78 is 1.39. The van der Waals surface area contributed by atoms with E-state index >= 15 is 14.4 Å². The Morgan fingerprint density at radius 2 is 1.13 bits per heavy atom. The number of para-hydroxylation sites is 2. The molecule has 0 saturated carbocycles. The SMILES string of the molecule is CC[C@H](C)[C@H](NC(=O)[C@@H](N)CCCN=C(N)N)C(=O)N[C@@H](CC(N)=O)C(=O)N[C@@H](CC(N)=O)C(=O)N[C@H](C(=O)N1C[C@@H](n2cc(-c3ccccc3N)nn2)C[C@H]1C(=O)N[C@@H](Cc1c[nH]c2ccccc12)C(=O)N[C@@H](CO)C(=O)N[C@@H](CCC(=O)O)C(=O)N[C@@H](C)C(=O)N[C@@H](CCSC)C(=O)N[C@@H](CCSC)C(=O)O)[C@@H](C)CC. The number of aliphatic hydroxyl groups excluding tert-OH is 1. The molecule has 4 aromatic rings. The molecule has 1 aliphatic rings. The normalized spacial score (nSPS) is 16.7. The van der Waals surface area contributed by atoms with E-state index in [0.717, 1.165) is 4.90 Å². The number of rotatable bonds is 48. The number of aliphatic hydroxyl groups is 1. The number of thioether (sulfide) groups is 2. The van der Waals surface area contributed by atoms with E-state index in [0.29, 0.717) is 57.8 Å². The standard InChI is InChI=1S/C71H106N22O18S2/c1-8-35(3)57(88-60(100)43(73)18-14-24-78-71(76)77)68(108)86-49(29-54(74)95)64(104)84-50(30-55(75)96)65(105)89-58(36(4)9-2)69(109)92-32-39(93-33-51(90-91-93)41-16-10-12-17-42(41)72)28-53(92)67(107)85-48(27-38-31-79-44-19-13-11-15-40(38)44)63(103)87-52(34-94)66(106)82-45(20-21-56(97)98)61(101)80-37(5)59(99)81-46(22-25-112-6)62(102)83-47(70(110)111)23-26-113-7/h10-13,15-17,19,31,33,35-37,39,43,45-50,52-53,57-58,79,94H,8-9,14,18,20-30,32,34,72-73H2,1-7H3,(H2,74,95)(H2,75,96)(H,80,101)(H,81,99)(H,82,106)(H,83,102)(H,84,104)(H,85,107)(H,86,108)(H,87,103)(H,88,100)(H,89,105)(H,97,98)(H,110,111)(H4,76,77,78)/t35-,36-,37-,39-,43-,45-,46-,47-,48-,49-,50-,52-,53-,57-,58-/m0/s1. The van der Waals surface area contributed by atoms with Gasteiger partial charge in [0.1, 0.15) is 72.2 Å². The van der Waals surface area contributed by atoms with Crippen molar-refractivity contribution in [1.29, 1.82) is 0 Å². The van der Waals surface area contributed by atoms with Crippen LogP contribution >= 0.6 is 23.5 Å². The lowest BCUT2D eigenvalue weighted by Gasteiger charge is -2.33. The molecule has 2 aromatic carbocycles. The summed E-state index contributed by atoms with van der Waals surface area (Å²) in [6, 6.07) is -6.22. The van der Waals surface area contributed by atoms with Gasteiger partial charge in [-0.25, -0.2) is 9.48 Å². The van der Waals surface area contributed by atoms with Crippen LogP contribution in [0.2, 0.25) is 0 Å². The van der Waals surface area contributed by atoms with Gasteiger partial charge >= 0.3 is 11.9 Å². The maximum Gasteiger partial charge on any atom is 0.326 e. The second-order valence-corrected chi connectivity index (χ2v) is 29.4. The molecule has 0 aliphatic carbocycles. The highest BCUT2D eigenvalue weighted by Crippen LogP contribution is 2.32. The third-order valence-electron chi connectivity index (χ3n) is 19.0. The van der Waals surface area contributed by atoms with Crippen LogP contribution < -0.4 is 87.6 Å². The number of hydrogen-bond donors (Lipinski definition) is 20. The maximum atomic E-state index is 15.7. The summed E-state index contributed by atoms with van der Waals surface area (Å²) in [5, 5.41) is 64.3. The highest BCUT2D eigenvalue weighted by atomic mass is 32.2. The summed E-state index contributed by atoms with van der Waals surface area (Å²) in [6.45, 7) is 6.45. The first-order chi connectivity index (χ1) is 53.6. The van der Waals surface area contributed by atoms with Crippen LogP contribution in [0.3, 0.4) is 0 Å². The molecular formula is C71H106N22O18S2. The highest BCUT2D eigenvalue weighted by molar-refractivity contribution is 7.98. The number of carboxylic acids is 2. The maximum absolute atomic E-state index is 15.7. The number of amides is 13. The number of anilines is 1. The first-order valence-corrected chi connectivity index (χ1v) is 39.4. The van der Waals surface area contributed by atoms with E-state index in [9.17, 15) is 72.9 Å². The van der Waals surface area contributed by atoms with Crippen molar-refractivity contribution in [2.45, 2.75) is 190 Å². The molecule has 1 aliphatic heterocycles. The van der Waals surface area contributed by atoms with Crippen LogP contribution in [0.5, 0.6) is 0 Å². The Morgan fingerprint density at radius 3 is 1.73 bits per heavy atom. The first kappa shape index (κ1) is 92.5. The van der Waals surface area contributed by atoms with Crippen molar-refractivity contribution in [1.82, 2.24) is 78.0 Å². The van der Waals surface area contributed by atoms with Crippen molar-refractivity contribution in [2.24, 2.45) is 45.5 Å². The number of aliphatic carboxylic acids is 2. The molecule has 40 nitrogen and oxygen atoms in total. The second-order valence-electron chi connectivity index (χ2n) is 27.4. The minimum Gasteiger partial charge on any atom is -0.481 e. The Kier molecular flexibility index (Phi) is 37.1. The van der Waals surface area contributed by atoms with E-state index in [-0.39, 0.29) is 57.6 Å². The predicted octanol–water partition coefficient (Wildman–Crippen LogP) is -4.07. The van der Waals surface area contributed by atoms with Gasteiger partial charge in [0, 0.05) is 60.7 Å². The zero-order valence-corrected chi connectivity index (χ0v) is 65.6. The van der Waals surface area contributed by atoms with E-state index < -0.39 is 211 Å². The lowest BCUT2D eigenvalue weighted by molar-refractivity contribution is -0.144. The average Bonchev–Trinajstić information content (AvgIpc) is 1.63. The van der Waals surface area contributed by atoms with E-state index in [4.69, 9.17) is 34.4 Å². The lowest BCUT2D eigenvalue weighted by atomic mass is 9.96. The molecule has 0 unspecified atom stereocenters. The number of likely N-dealkylation sites (tertiary alicyclic amines) is 1. The summed E-state index contributed by atoms with van der Waals surface area (Å²) in [4.78, 5) is 215. The fourth-order valence-corrected chi connectivity index (χ4v) is 13.1. The molecule has 2 aromatic heterocycles. The number of carboxylic acid groups (broad SMARTS) is 2. The number of nitrogens with zero attached hydrogens (tertiary/aromatic N) is 5. The molecule has 5 rings (SSSR count). The van der Waals surface area contributed by atoms with E-state index in [1.54, 1.807) is 94.9 Å². The summed E-state index contributed by atoms with van der Waals surface area (Å²) in [5.41, 5.74) is 36.6. The molecule has 3 heterocycles. The fraction of sp³-hybridized carbons (Fsp3) is 0.549. The van der Waals surface area contributed by atoms with Crippen LogP contribution in [0, 0.1) is 11.8 Å². The van der Waals surface area contributed by atoms with Crippen LogP contribution in [0.25, 0.3) is 22.2 Å². The number of aliphatic imine (C=N–C) groups is 1. The predicted molar refractivity (Wildman–Crippen MR) is 418 cm³/mol. The Bertz CT molecular complexity index is 4050. The summed E-state index contributed by atoms with van der Waals surface area (Å²) >= 11 is 2.69. The van der Waals surface area contributed by atoms with Crippen LogP contribution in [0.1, 0.15) is 117 Å². The van der Waals surface area contributed by atoms with Gasteiger partial charge in [0.25, 0.3) is 0 Å². The largest absolute Gasteiger partial charge is 0.481 e. The van der Waals surface area contributed by atoms with Crippen molar-refractivity contribution < 1.29 is 87.2 Å². The molecule has 0 spiro atoms. The first-order valence-electron chi connectivity index (χ1n) is 36.6. The molecule has 42 heteroatoms. The van der Waals surface area contributed by atoms with Crippen molar-refractivity contribution in [3.8, 4) is 11.3 Å². The Balaban J connectivity index is 1.48. The van der Waals surface area contributed by atoms with Gasteiger partial charge in [-0.15, -0.1) is 5.10 Å². The van der Waals surface area contributed by atoms with E-state index in [2.05, 4.69) is 73.5 Å². The van der Waals surface area contributed by atoms with Gasteiger partial charge in [0.15, 0.2) is 5.96 Å². The molecule has 0 radical (unpaired) electrons. The van der Waals surface area contributed by atoms with Gasteiger partial charge in [-0.3, -0.25) is 72.1 Å². The quantitative estimate of drug-likeness (QED) is 0.00866. The van der Waals surface area contributed by atoms with Gasteiger partial charge in [-0.1, -0.05) is 82.1 Å². The van der Waals surface area contributed by atoms with Crippen molar-refractivity contribution in [2.75, 3.05) is 49.4 Å². The van der Waals surface area contributed by atoms with Crippen LogP contribution in [-0.4, -0.2) is 251 Å². The number of fused-ring (bicyclic) bond motifs is 1. The Morgan fingerprint density at radius 1 is 0.611 bits per heavy atom. The average molecular weight is 1620 g/mol. The fourth-order valence-electron chi connectivity index (χ4n) is 12.1. The topological polar surface area (TPSA) is 655 Å². The van der Waals surface area contributed by atoms with Crippen LogP contribution in [0.15, 0.2) is 65.9 Å². The van der Waals surface area contributed by atoms with Crippen molar-refractivity contribution in [3.63, 3.8) is 0 Å². The monoisotopic (exact) mass is 1620 g/mol. The lowest BCUT2D eigenvalue weighted by Crippen LogP contribution is -2.62. The summed E-state index contributed by atoms with van der Waals surface area (Å²) in [7, 11) is 0. The Labute approximate surface area is 660 Å². The number of carbonyl (C=O) groups excluding carboxylic acids is 13. The number of nitrogens with one attached hydrogen (secondary N) is 11. The number of primary amides is 2. The zero-order chi connectivity index (χ0) is 83.9. The van der Waals surface area contributed by atoms with E-state index in [1.165, 1.54) is 41.3 Å². The molecule has 113 heavy (non-hydrogen) atoms. The minimum absolute atomic E-state index is 0.0454. The summed E-state index contributed by atoms with van der Waals surface area (Å²) in [6.07, 6.45) is 3.79. The number of guanidine groups is 1. The minimum atomic E-state index is -1.96. The molecule has 1 saturated heterocycles. The Hall–Kier alpha value is -11.1. The number of nitrogen functional groups attached to an aromatic ring is 1. The van der Waals surface area contributed by atoms with Gasteiger partial charge in [-0.05, 0) is 92.6 Å². The number of aromatic nitrogens is 4. The number of aromatic amines is 1. The smallest absolute Gasteiger partial charge is 0.326 e. The molecule has 620 valence electrons.